The Hall–Kier alpha value is -3.07. The summed E-state index contributed by atoms with van der Waals surface area (Å²) >= 11 is 0. The topological polar surface area (TPSA) is 35.5 Å². The summed E-state index contributed by atoms with van der Waals surface area (Å²) in [5.41, 5.74) is 2.55. The zero-order valence-electron chi connectivity index (χ0n) is 14.2. The molecule has 0 spiro atoms. The molecule has 0 amide bonds. The van der Waals surface area contributed by atoms with Crippen molar-refractivity contribution >= 4 is 17.1 Å². The van der Waals surface area contributed by atoms with Gasteiger partial charge in [-0.05, 0) is 34.9 Å². The number of hydrogen-bond donors (Lipinski definition) is 0. The van der Waals surface area contributed by atoms with Crippen molar-refractivity contribution in [2.75, 3.05) is 7.11 Å². The van der Waals surface area contributed by atoms with Gasteiger partial charge in [0.1, 0.15) is 12.9 Å². The van der Waals surface area contributed by atoms with Crippen molar-refractivity contribution in [2.45, 2.75) is 13.0 Å². The van der Waals surface area contributed by atoms with Crippen LogP contribution in [0.5, 0.6) is 11.5 Å². The highest BCUT2D eigenvalue weighted by Crippen LogP contribution is 2.34. The molecule has 0 aliphatic carbocycles. The third-order valence-corrected chi connectivity index (χ3v) is 4.13. The average Bonchev–Trinajstić information content (AvgIpc) is 2.66. The lowest BCUT2D eigenvalue weighted by atomic mass is 10.0. The monoisotopic (exact) mass is 332 g/mol. The summed E-state index contributed by atoms with van der Waals surface area (Å²) in [6, 6.07) is 17.9. The summed E-state index contributed by atoms with van der Waals surface area (Å²) in [4.78, 5) is 11.1. The van der Waals surface area contributed by atoms with Gasteiger partial charge in [-0.3, -0.25) is 4.79 Å². The molecule has 0 aliphatic heterocycles. The Morgan fingerprint density at radius 1 is 1.04 bits per heavy atom. The number of aldehydes is 1. The van der Waals surface area contributed by atoms with Gasteiger partial charge in [-0.1, -0.05) is 48.5 Å². The number of methoxy groups -OCH3 is 1. The third-order valence-electron chi connectivity index (χ3n) is 4.13. The smallest absolute Gasteiger partial charge is 0.165 e. The first-order chi connectivity index (χ1) is 12.3. The van der Waals surface area contributed by atoms with Gasteiger partial charge >= 0.3 is 0 Å². The molecule has 0 aromatic heterocycles. The van der Waals surface area contributed by atoms with Gasteiger partial charge in [-0.2, -0.15) is 0 Å². The molecule has 126 valence electrons. The van der Waals surface area contributed by atoms with Gasteiger partial charge in [0.2, 0.25) is 0 Å². The lowest BCUT2D eigenvalue weighted by molar-refractivity contribution is 0.112. The summed E-state index contributed by atoms with van der Waals surface area (Å²) in [7, 11) is 1.58. The molecule has 3 rings (SSSR count). The lowest BCUT2D eigenvalue weighted by Crippen LogP contribution is -2.02. The molecular weight excluding hydrogens is 312 g/mol. The van der Waals surface area contributed by atoms with Crippen LogP contribution >= 0.6 is 0 Å². The Labute approximate surface area is 147 Å². The van der Waals surface area contributed by atoms with Crippen LogP contribution in [0.1, 0.15) is 21.5 Å². The zero-order chi connectivity index (χ0) is 17.6. The predicted molar refractivity (Wildman–Crippen MR) is 101 cm³/mol. The Morgan fingerprint density at radius 3 is 2.60 bits per heavy atom. The van der Waals surface area contributed by atoms with Crippen LogP contribution in [0.2, 0.25) is 0 Å². The van der Waals surface area contributed by atoms with E-state index in [1.54, 1.807) is 19.3 Å². The minimum absolute atomic E-state index is 0.419. The molecule has 0 N–H and O–H groups in total. The largest absolute Gasteiger partial charge is 0.493 e. The summed E-state index contributed by atoms with van der Waals surface area (Å²) in [5.74, 6) is 1.21. The number of fused-ring (bicyclic) bond motifs is 1. The highest BCUT2D eigenvalue weighted by molar-refractivity contribution is 5.85. The van der Waals surface area contributed by atoms with Crippen molar-refractivity contribution in [2.24, 2.45) is 0 Å². The molecule has 25 heavy (non-hydrogen) atoms. The van der Waals surface area contributed by atoms with Crippen molar-refractivity contribution in [3.05, 3.63) is 83.9 Å². The number of rotatable bonds is 7. The molecule has 0 heterocycles. The van der Waals surface area contributed by atoms with E-state index in [0.29, 0.717) is 30.1 Å². The molecule has 3 heteroatoms. The predicted octanol–water partition coefficient (Wildman–Crippen LogP) is 4.97. The van der Waals surface area contributed by atoms with Crippen LogP contribution in [0.15, 0.2) is 67.3 Å². The van der Waals surface area contributed by atoms with Crippen LogP contribution < -0.4 is 9.47 Å². The minimum atomic E-state index is 0.419. The first kappa shape index (κ1) is 16.8. The van der Waals surface area contributed by atoms with Gasteiger partial charge in [-0.15, -0.1) is 6.58 Å². The Balaban J connectivity index is 1.96. The maximum absolute atomic E-state index is 11.1. The molecule has 3 aromatic carbocycles. The molecule has 0 saturated carbocycles. The molecule has 0 bridgehead atoms. The van der Waals surface area contributed by atoms with E-state index in [4.69, 9.17) is 9.47 Å². The fourth-order valence-corrected chi connectivity index (χ4v) is 2.94. The fourth-order valence-electron chi connectivity index (χ4n) is 2.94. The quantitative estimate of drug-likeness (QED) is 0.453. The molecule has 0 saturated heterocycles. The van der Waals surface area contributed by atoms with Gasteiger partial charge in [0.05, 0.1) is 7.11 Å². The molecule has 3 aromatic rings. The molecule has 0 radical (unpaired) electrons. The van der Waals surface area contributed by atoms with Crippen molar-refractivity contribution in [3.63, 3.8) is 0 Å². The van der Waals surface area contributed by atoms with E-state index < -0.39 is 0 Å². The fraction of sp³-hybridized carbons (Fsp3) is 0.136. The average molecular weight is 332 g/mol. The summed E-state index contributed by atoms with van der Waals surface area (Å²) < 4.78 is 11.5. The molecule has 0 unspecified atom stereocenters. The number of allylic oxidation sites excluding steroid dienone is 1. The normalized spacial score (nSPS) is 10.4. The van der Waals surface area contributed by atoms with Crippen LogP contribution in [0.4, 0.5) is 0 Å². The molecular formula is C22H20O3. The van der Waals surface area contributed by atoms with E-state index in [0.717, 1.165) is 17.4 Å². The van der Waals surface area contributed by atoms with Gasteiger partial charge in [-0.25, -0.2) is 0 Å². The minimum Gasteiger partial charge on any atom is -0.493 e. The van der Waals surface area contributed by atoms with Gasteiger partial charge < -0.3 is 9.47 Å². The van der Waals surface area contributed by atoms with Crippen molar-refractivity contribution < 1.29 is 14.3 Å². The molecule has 3 nitrogen and oxygen atoms in total. The van der Waals surface area contributed by atoms with Crippen LogP contribution in [0.3, 0.4) is 0 Å². The van der Waals surface area contributed by atoms with Crippen LogP contribution in [-0.2, 0) is 13.0 Å². The SMILES string of the molecule is C=CCc1cc(C=O)cc(OC)c1OCc1cccc2ccccc12. The molecule has 0 fully saturated rings. The van der Waals surface area contributed by atoms with E-state index >= 15 is 0 Å². The van der Waals surface area contributed by atoms with E-state index in [9.17, 15) is 4.79 Å². The first-order valence-electron chi connectivity index (χ1n) is 8.13. The standard InChI is InChI=1S/C22H20O3/c1-3-7-18-12-16(14-23)13-21(24-2)22(18)25-15-19-10-6-9-17-8-4-5-11-20(17)19/h3-6,8-14H,1,7,15H2,2H3. The van der Waals surface area contributed by atoms with E-state index in [-0.39, 0.29) is 0 Å². The second kappa shape index (κ2) is 7.67. The maximum atomic E-state index is 11.1. The molecule has 0 atom stereocenters. The van der Waals surface area contributed by atoms with Crippen LogP contribution in [0.25, 0.3) is 10.8 Å². The highest BCUT2D eigenvalue weighted by Gasteiger charge is 2.13. The Morgan fingerprint density at radius 2 is 1.84 bits per heavy atom. The summed E-state index contributed by atoms with van der Waals surface area (Å²) in [5, 5.41) is 2.34. The van der Waals surface area contributed by atoms with Crippen molar-refractivity contribution in [3.8, 4) is 11.5 Å². The zero-order valence-corrected chi connectivity index (χ0v) is 14.2. The van der Waals surface area contributed by atoms with Gasteiger partial charge in [0, 0.05) is 11.1 Å². The summed E-state index contributed by atoms with van der Waals surface area (Å²) in [6.45, 7) is 4.20. The van der Waals surface area contributed by atoms with Gasteiger partial charge in [0.15, 0.2) is 11.5 Å². The number of carbonyl (C=O) groups is 1. The van der Waals surface area contributed by atoms with Crippen molar-refractivity contribution in [1.82, 2.24) is 0 Å². The number of ether oxygens (including phenoxy) is 2. The number of carbonyl (C=O) groups excluding carboxylic acids is 1. The van der Waals surface area contributed by atoms with Crippen LogP contribution in [-0.4, -0.2) is 13.4 Å². The lowest BCUT2D eigenvalue weighted by Gasteiger charge is -2.16. The number of benzene rings is 3. The van der Waals surface area contributed by atoms with Gasteiger partial charge in [0.25, 0.3) is 0 Å². The Bertz CT molecular complexity index is 907. The second-order valence-electron chi connectivity index (χ2n) is 5.75. The Kier molecular flexibility index (Phi) is 5.14. The van der Waals surface area contributed by atoms with Crippen LogP contribution in [0, 0.1) is 0 Å². The van der Waals surface area contributed by atoms with E-state index in [1.807, 2.05) is 24.3 Å². The maximum Gasteiger partial charge on any atom is 0.165 e. The summed E-state index contributed by atoms with van der Waals surface area (Å²) in [6.07, 6.45) is 3.20. The second-order valence-corrected chi connectivity index (χ2v) is 5.75. The highest BCUT2D eigenvalue weighted by atomic mass is 16.5. The van der Waals surface area contributed by atoms with Crippen molar-refractivity contribution in [1.29, 1.82) is 0 Å². The first-order valence-corrected chi connectivity index (χ1v) is 8.13. The number of hydrogen-bond acceptors (Lipinski definition) is 3. The molecule has 0 aliphatic rings. The third kappa shape index (κ3) is 3.56. The van der Waals surface area contributed by atoms with E-state index in [1.165, 1.54) is 10.8 Å². The van der Waals surface area contributed by atoms with E-state index in [2.05, 4.69) is 30.8 Å².